The van der Waals surface area contributed by atoms with Crippen molar-refractivity contribution in [2.45, 2.75) is 38.1 Å². The average Bonchev–Trinajstić information content (AvgIpc) is 2.53. The number of carbonyl (C=O) groups excluding carboxylic acids is 2. The summed E-state index contributed by atoms with van der Waals surface area (Å²) in [5.74, 6) is -0.204. The highest BCUT2D eigenvalue weighted by Crippen LogP contribution is 2.35. The van der Waals surface area contributed by atoms with E-state index in [0.29, 0.717) is 12.1 Å². The molecule has 1 aromatic rings. The molecule has 0 bridgehead atoms. The van der Waals surface area contributed by atoms with Crippen LogP contribution in [-0.2, 0) is 9.59 Å². The van der Waals surface area contributed by atoms with Crippen molar-refractivity contribution < 1.29 is 14.0 Å². The molecule has 1 aliphatic heterocycles. The van der Waals surface area contributed by atoms with Crippen LogP contribution < -0.4 is 16.2 Å². The van der Waals surface area contributed by atoms with Crippen molar-refractivity contribution in [1.29, 1.82) is 0 Å². The second kappa shape index (κ2) is 6.44. The molecule has 3 rings (SSSR count). The van der Waals surface area contributed by atoms with E-state index in [4.69, 9.17) is 0 Å². The lowest BCUT2D eigenvalue weighted by Gasteiger charge is -2.40. The number of fused-ring (bicyclic) bond motifs is 1. The molecule has 3 unspecified atom stereocenters. The maximum absolute atomic E-state index is 12.9. The van der Waals surface area contributed by atoms with Crippen LogP contribution in [0.15, 0.2) is 24.3 Å². The van der Waals surface area contributed by atoms with Crippen LogP contribution in [0, 0.1) is 17.7 Å². The monoisotopic (exact) mass is 305 g/mol. The molecule has 22 heavy (non-hydrogen) atoms. The first-order valence-corrected chi connectivity index (χ1v) is 7.74. The SMILES string of the molecule is O=C(CC1NNC(=O)C2CCCCC12)Nc1ccc(F)cc1. The Morgan fingerprint density at radius 2 is 1.95 bits per heavy atom. The number of halogens is 1. The van der Waals surface area contributed by atoms with Gasteiger partial charge in [0.25, 0.3) is 0 Å². The van der Waals surface area contributed by atoms with E-state index in [9.17, 15) is 14.0 Å². The quantitative estimate of drug-likeness (QED) is 0.799. The van der Waals surface area contributed by atoms with Crippen molar-refractivity contribution in [2.24, 2.45) is 11.8 Å². The maximum atomic E-state index is 12.9. The van der Waals surface area contributed by atoms with Crippen LogP contribution in [0.4, 0.5) is 10.1 Å². The van der Waals surface area contributed by atoms with Crippen molar-refractivity contribution in [3.63, 3.8) is 0 Å². The molecule has 1 heterocycles. The van der Waals surface area contributed by atoms with Crippen LogP contribution in [0.25, 0.3) is 0 Å². The normalized spacial score (nSPS) is 27.7. The number of hydrazine groups is 1. The summed E-state index contributed by atoms with van der Waals surface area (Å²) in [6, 6.07) is 5.64. The summed E-state index contributed by atoms with van der Waals surface area (Å²) < 4.78 is 12.9. The zero-order valence-corrected chi connectivity index (χ0v) is 12.3. The molecule has 1 saturated heterocycles. The van der Waals surface area contributed by atoms with E-state index < -0.39 is 0 Å². The van der Waals surface area contributed by atoms with Gasteiger partial charge in [-0.2, -0.15) is 0 Å². The van der Waals surface area contributed by atoms with Gasteiger partial charge in [0.15, 0.2) is 0 Å². The number of benzene rings is 1. The van der Waals surface area contributed by atoms with Crippen LogP contribution in [0.2, 0.25) is 0 Å². The number of hydrogen-bond donors (Lipinski definition) is 3. The topological polar surface area (TPSA) is 70.2 Å². The molecule has 1 aliphatic carbocycles. The maximum Gasteiger partial charge on any atom is 0.237 e. The van der Waals surface area contributed by atoms with Crippen LogP contribution >= 0.6 is 0 Å². The molecule has 0 aromatic heterocycles. The third-order valence-corrected chi connectivity index (χ3v) is 4.59. The Morgan fingerprint density at radius 1 is 1.23 bits per heavy atom. The van der Waals surface area contributed by atoms with Crippen LogP contribution in [-0.4, -0.2) is 17.9 Å². The van der Waals surface area contributed by atoms with E-state index in [1.54, 1.807) is 0 Å². The first-order chi connectivity index (χ1) is 10.6. The minimum atomic E-state index is -0.334. The molecule has 1 aromatic carbocycles. The van der Waals surface area contributed by atoms with E-state index in [-0.39, 0.29) is 35.5 Å². The molecule has 0 spiro atoms. The molecule has 6 heteroatoms. The molecule has 2 aliphatic rings. The number of hydrogen-bond acceptors (Lipinski definition) is 3. The van der Waals surface area contributed by atoms with Gasteiger partial charge in [0.2, 0.25) is 11.8 Å². The zero-order chi connectivity index (χ0) is 15.5. The molecular weight excluding hydrogens is 285 g/mol. The van der Waals surface area contributed by atoms with Gasteiger partial charge in [0.1, 0.15) is 5.82 Å². The van der Waals surface area contributed by atoms with Gasteiger partial charge in [0.05, 0.1) is 0 Å². The standard InChI is InChI=1S/C16H20FN3O2/c17-10-5-7-11(8-6-10)18-15(21)9-14-12-3-1-2-4-13(12)16(22)20-19-14/h5-8,12-14,19H,1-4,9H2,(H,18,21)(H,20,22). The van der Waals surface area contributed by atoms with Crippen molar-refractivity contribution >= 4 is 17.5 Å². The van der Waals surface area contributed by atoms with Gasteiger partial charge in [0, 0.05) is 24.1 Å². The van der Waals surface area contributed by atoms with E-state index >= 15 is 0 Å². The second-order valence-corrected chi connectivity index (χ2v) is 6.05. The van der Waals surface area contributed by atoms with Crippen molar-refractivity contribution in [1.82, 2.24) is 10.9 Å². The van der Waals surface area contributed by atoms with E-state index in [0.717, 1.165) is 25.7 Å². The highest BCUT2D eigenvalue weighted by molar-refractivity contribution is 5.91. The predicted molar refractivity (Wildman–Crippen MR) is 80.2 cm³/mol. The molecular formula is C16H20FN3O2. The van der Waals surface area contributed by atoms with Crippen molar-refractivity contribution in [3.05, 3.63) is 30.1 Å². The number of anilines is 1. The molecule has 2 fully saturated rings. The Morgan fingerprint density at radius 3 is 2.73 bits per heavy atom. The lowest BCUT2D eigenvalue weighted by Crippen LogP contribution is -2.60. The van der Waals surface area contributed by atoms with Crippen molar-refractivity contribution in [3.8, 4) is 0 Å². The second-order valence-electron chi connectivity index (χ2n) is 6.05. The van der Waals surface area contributed by atoms with Gasteiger partial charge >= 0.3 is 0 Å². The molecule has 118 valence electrons. The van der Waals surface area contributed by atoms with Gasteiger partial charge in [-0.05, 0) is 43.0 Å². The minimum Gasteiger partial charge on any atom is -0.326 e. The molecule has 1 saturated carbocycles. The fraction of sp³-hybridized carbons (Fsp3) is 0.500. The number of nitrogens with one attached hydrogen (secondary N) is 3. The number of amides is 2. The Bertz CT molecular complexity index is 561. The molecule has 3 N–H and O–H groups in total. The first-order valence-electron chi connectivity index (χ1n) is 7.74. The van der Waals surface area contributed by atoms with Crippen LogP contribution in [0.1, 0.15) is 32.1 Å². The summed E-state index contributed by atoms with van der Waals surface area (Å²) in [6.45, 7) is 0. The van der Waals surface area contributed by atoms with Crippen molar-refractivity contribution in [2.75, 3.05) is 5.32 Å². The van der Waals surface area contributed by atoms with E-state index in [1.165, 1.54) is 24.3 Å². The number of rotatable bonds is 3. The smallest absolute Gasteiger partial charge is 0.237 e. The Labute approximate surface area is 128 Å². The number of carbonyl (C=O) groups is 2. The van der Waals surface area contributed by atoms with E-state index in [2.05, 4.69) is 16.2 Å². The minimum absolute atomic E-state index is 0.0126. The Kier molecular flexibility index (Phi) is 4.38. The van der Waals surface area contributed by atoms with Gasteiger partial charge < -0.3 is 5.32 Å². The average molecular weight is 305 g/mol. The lowest BCUT2D eigenvalue weighted by molar-refractivity contribution is -0.134. The first kappa shape index (κ1) is 15.0. The summed E-state index contributed by atoms with van der Waals surface area (Å²) in [5, 5.41) is 2.76. The summed E-state index contributed by atoms with van der Waals surface area (Å²) in [6.07, 6.45) is 4.34. The summed E-state index contributed by atoms with van der Waals surface area (Å²) in [5.41, 5.74) is 6.24. The molecule has 5 nitrogen and oxygen atoms in total. The fourth-order valence-corrected chi connectivity index (χ4v) is 3.48. The summed E-state index contributed by atoms with van der Waals surface area (Å²) >= 11 is 0. The summed E-state index contributed by atoms with van der Waals surface area (Å²) in [4.78, 5) is 24.0. The lowest BCUT2D eigenvalue weighted by atomic mass is 9.73. The Balaban J connectivity index is 1.60. The van der Waals surface area contributed by atoms with E-state index in [1.807, 2.05) is 0 Å². The van der Waals surface area contributed by atoms with Gasteiger partial charge in [-0.15, -0.1) is 0 Å². The third-order valence-electron chi connectivity index (χ3n) is 4.59. The summed E-state index contributed by atoms with van der Waals surface area (Å²) in [7, 11) is 0. The highest BCUT2D eigenvalue weighted by atomic mass is 19.1. The Hall–Kier alpha value is -1.95. The van der Waals surface area contributed by atoms with Crippen LogP contribution in [0.3, 0.4) is 0 Å². The van der Waals surface area contributed by atoms with Gasteiger partial charge in [-0.25, -0.2) is 9.82 Å². The van der Waals surface area contributed by atoms with Crippen LogP contribution in [0.5, 0.6) is 0 Å². The molecule has 3 atom stereocenters. The predicted octanol–water partition coefficient (Wildman–Crippen LogP) is 1.96. The van der Waals surface area contributed by atoms with Gasteiger partial charge in [-0.1, -0.05) is 12.8 Å². The third kappa shape index (κ3) is 3.27. The van der Waals surface area contributed by atoms with Gasteiger partial charge in [-0.3, -0.25) is 15.0 Å². The molecule has 2 amide bonds. The fourth-order valence-electron chi connectivity index (χ4n) is 3.48. The zero-order valence-electron chi connectivity index (χ0n) is 12.3. The highest BCUT2D eigenvalue weighted by Gasteiger charge is 2.40. The largest absolute Gasteiger partial charge is 0.326 e. The molecule has 0 radical (unpaired) electrons.